The summed E-state index contributed by atoms with van der Waals surface area (Å²) in [7, 11) is 1.82. The van der Waals surface area contributed by atoms with Gasteiger partial charge in [0.25, 0.3) is 0 Å². The lowest BCUT2D eigenvalue weighted by Gasteiger charge is -2.19. The zero-order valence-electron chi connectivity index (χ0n) is 16.2. The summed E-state index contributed by atoms with van der Waals surface area (Å²) in [6, 6.07) is 8.65. The van der Waals surface area contributed by atoms with E-state index in [9.17, 15) is 0 Å². The molecule has 1 aromatic heterocycles. The molecular formula is C20H28BrIN6. The number of benzene rings is 1. The fraction of sp³-hybridized carbons (Fsp3) is 0.550. The number of aliphatic imine (C=N–C) groups is 1. The molecule has 1 aliphatic heterocycles. The maximum Gasteiger partial charge on any atom is 0.191 e. The molecule has 152 valence electrons. The molecule has 2 heterocycles. The molecule has 2 N–H and O–H groups in total. The number of fused-ring (bicyclic) bond motifs is 1. The minimum Gasteiger partial charge on any atom is -0.356 e. The van der Waals surface area contributed by atoms with Gasteiger partial charge >= 0.3 is 0 Å². The largest absolute Gasteiger partial charge is 0.356 e. The molecule has 1 aromatic carbocycles. The average molecular weight is 559 g/mol. The quantitative estimate of drug-likeness (QED) is 0.333. The van der Waals surface area contributed by atoms with Crippen LogP contribution >= 0.6 is 39.9 Å². The van der Waals surface area contributed by atoms with Crippen LogP contribution in [0.3, 0.4) is 0 Å². The summed E-state index contributed by atoms with van der Waals surface area (Å²) >= 11 is 3.59. The van der Waals surface area contributed by atoms with E-state index in [2.05, 4.69) is 70.6 Å². The molecule has 4 rings (SSSR count). The summed E-state index contributed by atoms with van der Waals surface area (Å²) in [4.78, 5) is 4.39. The van der Waals surface area contributed by atoms with Gasteiger partial charge in [0, 0.05) is 36.4 Å². The highest BCUT2D eigenvalue weighted by Gasteiger charge is 2.44. The van der Waals surface area contributed by atoms with Gasteiger partial charge in [0.2, 0.25) is 0 Å². The van der Waals surface area contributed by atoms with Gasteiger partial charge in [-0.25, -0.2) is 0 Å². The molecule has 28 heavy (non-hydrogen) atoms. The van der Waals surface area contributed by atoms with Crippen molar-refractivity contribution in [2.24, 2.45) is 4.99 Å². The van der Waals surface area contributed by atoms with Crippen LogP contribution in [0, 0.1) is 0 Å². The van der Waals surface area contributed by atoms with Crippen LogP contribution in [0.25, 0.3) is 0 Å². The number of hydrogen-bond donors (Lipinski definition) is 2. The summed E-state index contributed by atoms with van der Waals surface area (Å²) < 4.78 is 3.42. The third kappa shape index (κ3) is 4.87. The van der Waals surface area contributed by atoms with E-state index in [1.807, 2.05) is 7.05 Å². The van der Waals surface area contributed by atoms with Gasteiger partial charge in [0.05, 0.1) is 6.54 Å². The van der Waals surface area contributed by atoms with Crippen LogP contribution in [-0.4, -0.2) is 34.3 Å². The first-order valence-corrected chi connectivity index (χ1v) is 10.6. The maximum atomic E-state index is 4.39. The Morgan fingerprint density at radius 3 is 2.82 bits per heavy atom. The molecule has 2 aliphatic rings. The van der Waals surface area contributed by atoms with Gasteiger partial charge in [-0.05, 0) is 43.4 Å². The van der Waals surface area contributed by atoms with Crippen molar-refractivity contribution in [2.75, 3.05) is 13.6 Å². The van der Waals surface area contributed by atoms with E-state index >= 15 is 0 Å². The van der Waals surface area contributed by atoms with Gasteiger partial charge in [-0.3, -0.25) is 4.99 Å². The van der Waals surface area contributed by atoms with Gasteiger partial charge < -0.3 is 15.2 Å². The molecule has 0 radical (unpaired) electrons. The monoisotopic (exact) mass is 558 g/mol. The fourth-order valence-corrected chi connectivity index (χ4v) is 4.25. The van der Waals surface area contributed by atoms with E-state index in [0.29, 0.717) is 6.54 Å². The third-order valence-corrected chi connectivity index (χ3v) is 6.20. The van der Waals surface area contributed by atoms with Crippen molar-refractivity contribution in [2.45, 2.75) is 57.0 Å². The normalized spacial score (nSPS) is 17.9. The zero-order chi connectivity index (χ0) is 18.7. The number of nitrogens with zero attached hydrogens (tertiary/aromatic N) is 4. The highest BCUT2D eigenvalue weighted by Crippen LogP contribution is 2.48. The Labute approximate surface area is 192 Å². The number of rotatable bonds is 5. The SMILES string of the molecule is CN=C(NCc1nnc2n1CCCCC2)NCC1(c2cccc(Br)c2)CC1.I. The van der Waals surface area contributed by atoms with E-state index in [-0.39, 0.29) is 29.4 Å². The topological polar surface area (TPSA) is 67.1 Å². The second kappa shape index (κ2) is 9.56. The summed E-state index contributed by atoms with van der Waals surface area (Å²) in [5.74, 6) is 2.95. The highest BCUT2D eigenvalue weighted by molar-refractivity contribution is 14.0. The lowest BCUT2D eigenvalue weighted by molar-refractivity contribution is 0.593. The first kappa shape index (κ1) is 21.5. The van der Waals surface area contributed by atoms with Crippen molar-refractivity contribution in [3.05, 3.63) is 46.0 Å². The van der Waals surface area contributed by atoms with Crippen LogP contribution in [0.4, 0.5) is 0 Å². The number of hydrogen-bond acceptors (Lipinski definition) is 3. The Morgan fingerprint density at radius 1 is 1.21 bits per heavy atom. The van der Waals surface area contributed by atoms with Gasteiger partial charge in [-0.1, -0.05) is 34.5 Å². The third-order valence-electron chi connectivity index (χ3n) is 5.71. The van der Waals surface area contributed by atoms with E-state index < -0.39 is 0 Å². The molecule has 0 spiro atoms. The predicted octanol–water partition coefficient (Wildman–Crippen LogP) is 3.78. The Balaban J connectivity index is 0.00000225. The summed E-state index contributed by atoms with van der Waals surface area (Å²) in [5.41, 5.74) is 1.62. The molecule has 2 aromatic rings. The first-order chi connectivity index (χ1) is 13.2. The molecule has 0 amide bonds. The van der Waals surface area contributed by atoms with E-state index in [4.69, 9.17) is 0 Å². The number of nitrogens with one attached hydrogen (secondary N) is 2. The minimum absolute atomic E-state index is 0. The standard InChI is InChI=1S/C20H27BrN6.HI/c1-22-19(23-13-18-26-25-17-8-3-2-4-11-27(17)18)24-14-20(9-10-20)15-6-5-7-16(21)12-15;/h5-7,12H,2-4,8-11,13-14H2,1H3,(H2,22,23,24);1H. The van der Waals surface area contributed by atoms with Crippen molar-refractivity contribution in [3.63, 3.8) is 0 Å². The van der Waals surface area contributed by atoms with Crippen LogP contribution in [0.2, 0.25) is 0 Å². The average Bonchev–Trinajstić information content (AvgIpc) is 3.43. The molecule has 1 saturated carbocycles. The maximum absolute atomic E-state index is 4.39. The number of aromatic nitrogens is 3. The number of halogens is 2. The summed E-state index contributed by atoms with van der Waals surface area (Å²) in [5, 5.41) is 15.7. The summed E-state index contributed by atoms with van der Waals surface area (Å²) in [6.45, 7) is 2.56. The lowest BCUT2D eigenvalue weighted by Crippen LogP contribution is -2.41. The fourth-order valence-electron chi connectivity index (χ4n) is 3.85. The van der Waals surface area contributed by atoms with Crippen molar-refractivity contribution in [1.29, 1.82) is 0 Å². The van der Waals surface area contributed by atoms with Gasteiger partial charge in [-0.15, -0.1) is 34.2 Å². The van der Waals surface area contributed by atoms with E-state index in [1.54, 1.807) is 0 Å². The van der Waals surface area contributed by atoms with Crippen molar-refractivity contribution in [3.8, 4) is 0 Å². The molecule has 1 aliphatic carbocycles. The molecule has 0 unspecified atom stereocenters. The molecule has 8 heteroatoms. The van der Waals surface area contributed by atoms with Gasteiger partial charge in [0.1, 0.15) is 5.82 Å². The Hall–Kier alpha value is -1.16. The second-order valence-corrected chi connectivity index (χ2v) is 8.48. The lowest BCUT2D eigenvalue weighted by atomic mass is 9.96. The number of aryl methyl sites for hydroxylation is 1. The van der Waals surface area contributed by atoms with Crippen LogP contribution in [0.15, 0.2) is 33.7 Å². The Morgan fingerprint density at radius 2 is 2.07 bits per heavy atom. The second-order valence-electron chi connectivity index (χ2n) is 7.56. The van der Waals surface area contributed by atoms with Gasteiger partial charge in [0.15, 0.2) is 11.8 Å². The van der Waals surface area contributed by atoms with Crippen molar-refractivity contribution < 1.29 is 0 Å². The van der Waals surface area contributed by atoms with Crippen LogP contribution in [-0.2, 0) is 24.9 Å². The highest BCUT2D eigenvalue weighted by atomic mass is 127. The van der Waals surface area contributed by atoms with Crippen LogP contribution in [0.5, 0.6) is 0 Å². The number of guanidine groups is 1. The van der Waals surface area contributed by atoms with Crippen molar-refractivity contribution in [1.82, 2.24) is 25.4 Å². The van der Waals surface area contributed by atoms with Gasteiger partial charge in [-0.2, -0.15) is 0 Å². The minimum atomic E-state index is 0. The predicted molar refractivity (Wildman–Crippen MR) is 126 cm³/mol. The Kier molecular flexibility index (Phi) is 7.36. The smallest absolute Gasteiger partial charge is 0.191 e. The molecule has 0 saturated heterocycles. The summed E-state index contributed by atoms with van der Waals surface area (Å²) in [6.07, 6.45) is 7.16. The van der Waals surface area contributed by atoms with Crippen molar-refractivity contribution >= 4 is 45.9 Å². The Bertz CT molecular complexity index is 830. The molecular weight excluding hydrogens is 531 g/mol. The molecule has 0 atom stereocenters. The zero-order valence-corrected chi connectivity index (χ0v) is 20.2. The molecule has 6 nitrogen and oxygen atoms in total. The van der Waals surface area contributed by atoms with Crippen LogP contribution < -0.4 is 10.6 Å². The molecule has 1 fully saturated rings. The van der Waals surface area contributed by atoms with E-state index in [1.165, 1.54) is 37.7 Å². The van der Waals surface area contributed by atoms with E-state index in [0.717, 1.165) is 41.6 Å². The molecule has 0 bridgehead atoms. The van der Waals surface area contributed by atoms with Crippen LogP contribution in [0.1, 0.15) is 49.3 Å². The first-order valence-electron chi connectivity index (χ1n) is 9.82.